The summed E-state index contributed by atoms with van der Waals surface area (Å²) in [5.74, 6) is -0.0715. The molecule has 1 aromatic heterocycles. The van der Waals surface area contributed by atoms with Crippen molar-refractivity contribution in [1.82, 2.24) is 15.4 Å². The van der Waals surface area contributed by atoms with Crippen LogP contribution in [0.4, 0.5) is 0 Å². The van der Waals surface area contributed by atoms with Crippen LogP contribution >= 0.6 is 0 Å². The van der Waals surface area contributed by atoms with Crippen LogP contribution in [0.3, 0.4) is 0 Å². The number of rotatable bonds is 4. The Bertz CT molecular complexity index is 476. The van der Waals surface area contributed by atoms with E-state index in [9.17, 15) is 4.79 Å². The van der Waals surface area contributed by atoms with E-state index in [0.717, 1.165) is 18.5 Å². The van der Waals surface area contributed by atoms with E-state index in [4.69, 9.17) is 0 Å². The Morgan fingerprint density at radius 3 is 2.69 bits per heavy atom. The minimum Gasteiger partial charge on any atom is -0.287 e. The van der Waals surface area contributed by atoms with Crippen molar-refractivity contribution < 1.29 is 4.79 Å². The minimum absolute atomic E-state index is 0.0715. The van der Waals surface area contributed by atoms with Crippen molar-refractivity contribution in [2.75, 3.05) is 0 Å². The quantitative estimate of drug-likeness (QED) is 0.793. The summed E-state index contributed by atoms with van der Waals surface area (Å²) in [6.07, 6.45) is 1.71. The summed E-state index contributed by atoms with van der Waals surface area (Å²) < 4.78 is 0. The normalized spacial score (nSPS) is 10.3. The van der Waals surface area contributed by atoms with E-state index in [0.29, 0.717) is 11.3 Å². The Morgan fingerprint density at radius 2 is 2.00 bits per heavy atom. The molecule has 1 aromatic carbocycles. The maximum atomic E-state index is 12.1. The lowest BCUT2D eigenvalue weighted by atomic mass is 10.1. The van der Waals surface area contributed by atoms with Crippen LogP contribution < -0.4 is 0 Å². The van der Waals surface area contributed by atoms with Gasteiger partial charge in [-0.25, -0.2) is 0 Å². The zero-order valence-electron chi connectivity index (χ0n) is 9.10. The molecule has 2 rings (SSSR count). The lowest BCUT2D eigenvalue weighted by Gasteiger charge is -1.98. The SMILES string of the molecule is CCCc1n[nH]nc1C(=O)c1ccccc1. The first-order valence-electron chi connectivity index (χ1n) is 5.32. The third kappa shape index (κ3) is 2.00. The second-order valence-corrected chi connectivity index (χ2v) is 3.56. The number of aryl methyl sites for hydroxylation is 1. The number of carbonyl (C=O) groups is 1. The van der Waals surface area contributed by atoms with Gasteiger partial charge in [0.25, 0.3) is 0 Å². The van der Waals surface area contributed by atoms with E-state index >= 15 is 0 Å². The number of aromatic amines is 1. The van der Waals surface area contributed by atoms with Crippen LogP contribution in [-0.2, 0) is 6.42 Å². The predicted octanol–water partition coefficient (Wildman–Crippen LogP) is 1.99. The van der Waals surface area contributed by atoms with E-state index in [2.05, 4.69) is 15.4 Å². The Kier molecular flexibility index (Phi) is 3.10. The number of aromatic nitrogens is 3. The molecule has 4 nitrogen and oxygen atoms in total. The first-order valence-corrected chi connectivity index (χ1v) is 5.32. The molecule has 0 saturated heterocycles. The maximum Gasteiger partial charge on any atom is 0.215 e. The van der Waals surface area contributed by atoms with Crippen molar-refractivity contribution in [3.05, 3.63) is 47.3 Å². The van der Waals surface area contributed by atoms with Gasteiger partial charge in [0.2, 0.25) is 5.78 Å². The number of nitrogens with one attached hydrogen (secondary N) is 1. The van der Waals surface area contributed by atoms with Crippen LogP contribution in [0.5, 0.6) is 0 Å². The van der Waals surface area contributed by atoms with Crippen molar-refractivity contribution in [2.45, 2.75) is 19.8 Å². The van der Waals surface area contributed by atoms with Gasteiger partial charge in [-0.15, -0.1) is 0 Å². The number of ketones is 1. The average molecular weight is 215 g/mol. The standard InChI is InChI=1S/C12H13N3O/c1-2-6-10-11(14-15-13-10)12(16)9-7-4-3-5-8-9/h3-5,7-8H,2,6H2,1H3,(H,13,14,15). The second-order valence-electron chi connectivity index (χ2n) is 3.56. The van der Waals surface area contributed by atoms with Gasteiger partial charge in [0.05, 0.1) is 5.69 Å². The van der Waals surface area contributed by atoms with Crippen LogP contribution in [0.25, 0.3) is 0 Å². The molecule has 1 N–H and O–H groups in total. The number of H-pyrrole nitrogens is 1. The Balaban J connectivity index is 2.31. The van der Waals surface area contributed by atoms with Gasteiger partial charge in [-0.1, -0.05) is 43.7 Å². The summed E-state index contributed by atoms with van der Waals surface area (Å²) in [6, 6.07) is 9.13. The lowest BCUT2D eigenvalue weighted by molar-refractivity contribution is 0.103. The van der Waals surface area contributed by atoms with Crippen molar-refractivity contribution in [3.8, 4) is 0 Å². The van der Waals surface area contributed by atoms with Crippen molar-refractivity contribution >= 4 is 5.78 Å². The molecule has 0 unspecified atom stereocenters. The fourth-order valence-electron chi connectivity index (χ4n) is 1.57. The number of nitrogens with zero attached hydrogens (tertiary/aromatic N) is 2. The predicted molar refractivity (Wildman–Crippen MR) is 60.3 cm³/mol. The number of carbonyl (C=O) groups excluding carboxylic acids is 1. The molecular weight excluding hydrogens is 202 g/mol. The molecular formula is C12H13N3O. The molecule has 0 aliphatic carbocycles. The van der Waals surface area contributed by atoms with E-state index in [1.165, 1.54) is 0 Å². The van der Waals surface area contributed by atoms with Crippen molar-refractivity contribution in [1.29, 1.82) is 0 Å². The highest BCUT2D eigenvalue weighted by atomic mass is 16.1. The molecule has 4 heteroatoms. The Labute approximate surface area is 93.7 Å². The molecule has 1 heterocycles. The van der Waals surface area contributed by atoms with Crippen LogP contribution in [0.1, 0.15) is 35.1 Å². The fraction of sp³-hybridized carbons (Fsp3) is 0.250. The summed E-state index contributed by atoms with van der Waals surface area (Å²) in [7, 11) is 0. The van der Waals surface area contributed by atoms with Crippen molar-refractivity contribution in [2.24, 2.45) is 0 Å². The largest absolute Gasteiger partial charge is 0.287 e. The Hall–Kier alpha value is -1.97. The monoisotopic (exact) mass is 215 g/mol. The van der Waals surface area contributed by atoms with Crippen molar-refractivity contribution in [3.63, 3.8) is 0 Å². The molecule has 0 fully saturated rings. The van der Waals surface area contributed by atoms with Gasteiger partial charge in [-0.2, -0.15) is 15.4 Å². The van der Waals surface area contributed by atoms with E-state index in [-0.39, 0.29) is 5.78 Å². The first-order chi connectivity index (χ1) is 7.83. The van der Waals surface area contributed by atoms with Crippen LogP contribution in [0.2, 0.25) is 0 Å². The third-order valence-electron chi connectivity index (χ3n) is 2.36. The molecule has 0 spiro atoms. The molecule has 0 aliphatic heterocycles. The van der Waals surface area contributed by atoms with Gasteiger partial charge < -0.3 is 0 Å². The highest BCUT2D eigenvalue weighted by Crippen LogP contribution is 2.11. The molecule has 0 saturated carbocycles. The van der Waals surface area contributed by atoms with E-state index in [1.54, 1.807) is 12.1 Å². The number of hydrogen-bond donors (Lipinski definition) is 1. The molecule has 0 bridgehead atoms. The van der Waals surface area contributed by atoms with Gasteiger partial charge in [-0.05, 0) is 6.42 Å². The third-order valence-corrected chi connectivity index (χ3v) is 2.36. The summed E-state index contributed by atoms with van der Waals surface area (Å²) in [6.45, 7) is 2.05. The number of benzene rings is 1. The van der Waals surface area contributed by atoms with Gasteiger partial charge >= 0.3 is 0 Å². The summed E-state index contributed by atoms with van der Waals surface area (Å²) in [5.41, 5.74) is 1.83. The maximum absolute atomic E-state index is 12.1. The molecule has 16 heavy (non-hydrogen) atoms. The topological polar surface area (TPSA) is 58.6 Å². The van der Waals surface area contributed by atoms with E-state index < -0.39 is 0 Å². The Morgan fingerprint density at radius 1 is 1.25 bits per heavy atom. The van der Waals surface area contributed by atoms with Crippen LogP contribution in [0, 0.1) is 0 Å². The van der Waals surface area contributed by atoms with E-state index in [1.807, 2.05) is 25.1 Å². The van der Waals surface area contributed by atoms with Gasteiger partial charge in [-0.3, -0.25) is 4.79 Å². The highest BCUT2D eigenvalue weighted by molar-refractivity contribution is 6.08. The van der Waals surface area contributed by atoms with Gasteiger partial charge in [0.15, 0.2) is 5.69 Å². The summed E-state index contributed by atoms with van der Waals surface area (Å²) in [4.78, 5) is 12.1. The molecule has 82 valence electrons. The second kappa shape index (κ2) is 4.70. The van der Waals surface area contributed by atoms with Crippen LogP contribution in [0.15, 0.2) is 30.3 Å². The van der Waals surface area contributed by atoms with Gasteiger partial charge in [0.1, 0.15) is 0 Å². The lowest BCUT2D eigenvalue weighted by Crippen LogP contribution is -2.05. The fourth-order valence-corrected chi connectivity index (χ4v) is 1.57. The zero-order chi connectivity index (χ0) is 11.4. The minimum atomic E-state index is -0.0715. The van der Waals surface area contributed by atoms with Crippen LogP contribution in [-0.4, -0.2) is 21.2 Å². The zero-order valence-corrected chi connectivity index (χ0v) is 9.10. The molecule has 0 amide bonds. The smallest absolute Gasteiger partial charge is 0.215 e. The summed E-state index contributed by atoms with van der Waals surface area (Å²) >= 11 is 0. The van der Waals surface area contributed by atoms with Gasteiger partial charge in [0, 0.05) is 5.56 Å². The average Bonchev–Trinajstić information content (AvgIpc) is 2.78. The summed E-state index contributed by atoms with van der Waals surface area (Å²) in [5, 5.41) is 10.4. The first kappa shape index (κ1) is 10.5. The molecule has 0 radical (unpaired) electrons. The number of hydrogen-bond acceptors (Lipinski definition) is 3. The highest BCUT2D eigenvalue weighted by Gasteiger charge is 2.16. The molecule has 0 atom stereocenters. The molecule has 0 aliphatic rings. The molecule has 2 aromatic rings.